The third kappa shape index (κ3) is 3.35. The van der Waals surface area contributed by atoms with Gasteiger partial charge in [0.1, 0.15) is 0 Å². The van der Waals surface area contributed by atoms with Crippen LogP contribution in [0.25, 0.3) is 0 Å². The van der Waals surface area contributed by atoms with Gasteiger partial charge in [0.15, 0.2) is 0 Å². The molecule has 0 saturated heterocycles. The van der Waals surface area contributed by atoms with Crippen LogP contribution in [-0.2, 0) is 0 Å². The fourth-order valence-electron chi connectivity index (χ4n) is 2.61. The summed E-state index contributed by atoms with van der Waals surface area (Å²) in [4.78, 5) is 1.59. The van der Waals surface area contributed by atoms with Gasteiger partial charge in [-0.2, -0.15) is 13.2 Å². The predicted molar refractivity (Wildman–Crippen MR) is 56.0 cm³/mol. The molecule has 2 atom stereocenters. The molecule has 0 bridgehead atoms. The monoisotopic (exact) mass is 236 g/mol. The maximum absolute atomic E-state index is 12.4. The van der Waals surface area contributed by atoms with Crippen molar-refractivity contribution >= 4 is 0 Å². The zero-order chi connectivity index (χ0) is 11.8. The maximum Gasteiger partial charge on any atom is 0.401 e. The number of nitrogens with two attached hydrogens (primary N) is 1. The number of hydrogen-bond acceptors (Lipinski definition) is 2. The van der Waals surface area contributed by atoms with Crippen LogP contribution in [0.15, 0.2) is 0 Å². The van der Waals surface area contributed by atoms with Gasteiger partial charge < -0.3 is 5.73 Å². The molecule has 5 heteroatoms. The van der Waals surface area contributed by atoms with Gasteiger partial charge in [-0.3, -0.25) is 4.90 Å². The molecule has 0 aromatic rings. The van der Waals surface area contributed by atoms with Crippen molar-refractivity contribution in [2.75, 3.05) is 13.1 Å². The summed E-state index contributed by atoms with van der Waals surface area (Å²) in [5.74, 6) is 0.267. The second-order valence-corrected chi connectivity index (χ2v) is 5.13. The highest BCUT2D eigenvalue weighted by atomic mass is 19.4. The Bertz CT molecular complexity index is 238. The van der Waals surface area contributed by atoms with E-state index in [0.717, 1.165) is 32.1 Å². The third-order valence-corrected chi connectivity index (χ3v) is 3.63. The van der Waals surface area contributed by atoms with Gasteiger partial charge in [-0.15, -0.1) is 0 Å². The molecule has 0 spiro atoms. The zero-order valence-electron chi connectivity index (χ0n) is 9.34. The minimum absolute atomic E-state index is 0.106. The van der Waals surface area contributed by atoms with Crippen molar-refractivity contribution in [2.45, 2.75) is 50.4 Å². The highest BCUT2D eigenvalue weighted by Gasteiger charge is 2.39. The number of nitrogens with zero attached hydrogens (tertiary/aromatic N) is 1. The molecule has 2 rings (SSSR count). The molecule has 0 aliphatic heterocycles. The van der Waals surface area contributed by atoms with E-state index in [9.17, 15) is 13.2 Å². The van der Waals surface area contributed by atoms with Crippen molar-refractivity contribution in [3.05, 3.63) is 0 Å². The molecule has 2 fully saturated rings. The molecule has 0 aromatic heterocycles. The molecule has 2 nitrogen and oxygen atoms in total. The Kier molecular flexibility index (Phi) is 3.45. The summed E-state index contributed by atoms with van der Waals surface area (Å²) < 4.78 is 37.2. The van der Waals surface area contributed by atoms with E-state index in [4.69, 9.17) is 5.73 Å². The molecular formula is C11H19F3N2. The van der Waals surface area contributed by atoms with Crippen LogP contribution in [0.5, 0.6) is 0 Å². The molecule has 0 heterocycles. The van der Waals surface area contributed by atoms with E-state index in [0.29, 0.717) is 6.54 Å². The molecule has 0 aromatic carbocycles. The Morgan fingerprint density at radius 3 is 2.25 bits per heavy atom. The zero-order valence-corrected chi connectivity index (χ0v) is 9.34. The Labute approximate surface area is 94.0 Å². The molecule has 2 saturated carbocycles. The lowest BCUT2D eigenvalue weighted by Gasteiger charge is -2.28. The standard InChI is InChI=1S/C11H19F3N2/c12-11(13,14)7-16(9-4-5-9)6-8-2-1-3-10(8)15/h8-10H,1-7,15H2. The van der Waals surface area contributed by atoms with Crippen LogP contribution < -0.4 is 5.73 Å². The van der Waals surface area contributed by atoms with E-state index in [-0.39, 0.29) is 18.0 Å². The van der Waals surface area contributed by atoms with E-state index < -0.39 is 12.7 Å². The quantitative estimate of drug-likeness (QED) is 0.810. The average Bonchev–Trinajstić information content (AvgIpc) is 2.90. The van der Waals surface area contributed by atoms with Gasteiger partial charge in [0, 0.05) is 18.6 Å². The second kappa shape index (κ2) is 4.53. The van der Waals surface area contributed by atoms with Gasteiger partial charge in [-0.05, 0) is 31.6 Å². The first-order valence-electron chi connectivity index (χ1n) is 6.02. The van der Waals surface area contributed by atoms with Crippen LogP contribution in [-0.4, -0.2) is 36.2 Å². The Hall–Kier alpha value is -0.290. The first-order valence-corrected chi connectivity index (χ1v) is 6.02. The number of alkyl halides is 3. The molecule has 2 aliphatic rings. The SMILES string of the molecule is NC1CCCC1CN(CC(F)(F)F)C1CC1. The minimum Gasteiger partial charge on any atom is -0.327 e. The van der Waals surface area contributed by atoms with Crippen LogP contribution in [0, 0.1) is 5.92 Å². The Morgan fingerprint density at radius 2 is 1.81 bits per heavy atom. The van der Waals surface area contributed by atoms with Crippen LogP contribution >= 0.6 is 0 Å². The summed E-state index contributed by atoms with van der Waals surface area (Å²) in [6, 6.07) is 0.268. The van der Waals surface area contributed by atoms with Crippen molar-refractivity contribution in [3.63, 3.8) is 0 Å². The maximum atomic E-state index is 12.4. The van der Waals surface area contributed by atoms with Gasteiger partial charge in [0.2, 0.25) is 0 Å². The van der Waals surface area contributed by atoms with Crippen LogP contribution in [0.1, 0.15) is 32.1 Å². The summed E-state index contributed by atoms with van der Waals surface area (Å²) in [6.07, 6.45) is 0.773. The van der Waals surface area contributed by atoms with Gasteiger partial charge in [-0.25, -0.2) is 0 Å². The fourth-order valence-corrected chi connectivity index (χ4v) is 2.61. The lowest BCUT2D eigenvalue weighted by Crippen LogP contribution is -2.42. The topological polar surface area (TPSA) is 29.3 Å². The fraction of sp³-hybridized carbons (Fsp3) is 1.00. The van der Waals surface area contributed by atoms with Crippen molar-refractivity contribution in [1.29, 1.82) is 0 Å². The van der Waals surface area contributed by atoms with Gasteiger partial charge in [0.05, 0.1) is 6.54 Å². The average molecular weight is 236 g/mol. The number of rotatable bonds is 4. The molecule has 0 radical (unpaired) electrons. The number of hydrogen-bond donors (Lipinski definition) is 1. The minimum atomic E-state index is -4.08. The molecule has 2 N–H and O–H groups in total. The summed E-state index contributed by atoms with van der Waals surface area (Å²) in [5, 5.41) is 0. The lowest BCUT2D eigenvalue weighted by atomic mass is 10.0. The highest BCUT2D eigenvalue weighted by Crippen LogP contribution is 2.33. The van der Waals surface area contributed by atoms with Crippen LogP contribution in [0.2, 0.25) is 0 Å². The molecule has 2 aliphatic carbocycles. The highest BCUT2D eigenvalue weighted by molar-refractivity contribution is 4.90. The summed E-state index contributed by atoms with van der Waals surface area (Å²) in [5.41, 5.74) is 5.90. The van der Waals surface area contributed by atoms with Crippen LogP contribution in [0.4, 0.5) is 13.2 Å². The largest absolute Gasteiger partial charge is 0.401 e. The smallest absolute Gasteiger partial charge is 0.327 e. The van der Waals surface area contributed by atoms with Crippen molar-refractivity contribution in [2.24, 2.45) is 11.7 Å². The molecule has 0 amide bonds. The lowest BCUT2D eigenvalue weighted by molar-refractivity contribution is -0.148. The second-order valence-electron chi connectivity index (χ2n) is 5.13. The first kappa shape index (κ1) is 12.2. The molecule has 16 heavy (non-hydrogen) atoms. The van der Waals surface area contributed by atoms with Crippen molar-refractivity contribution in [3.8, 4) is 0 Å². The molecular weight excluding hydrogens is 217 g/mol. The summed E-state index contributed by atoms with van der Waals surface area (Å²) in [6.45, 7) is -0.230. The third-order valence-electron chi connectivity index (χ3n) is 3.63. The Balaban J connectivity index is 1.87. The van der Waals surface area contributed by atoms with E-state index in [1.165, 1.54) is 0 Å². The Morgan fingerprint density at radius 1 is 1.12 bits per heavy atom. The number of halogens is 3. The molecule has 94 valence electrons. The van der Waals surface area contributed by atoms with E-state index in [1.54, 1.807) is 4.90 Å². The van der Waals surface area contributed by atoms with Gasteiger partial charge in [0.25, 0.3) is 0 Å². The van der Waals surface area contributed by atoms with Crippen LogP contribution in [0.3, 0.4) is 0 Å². The first-order chi connectivity index (χ1) is 7.46. The predicted octanol–water partition coefficient (Wildman–Crippen LogP) is 2.14. The normalized spacial score (nSPS) is 31.3. The van der Waals surface area contributed by atoms with Gasteiger partial charge in [-0.1, -0.05) is 6.42 Å². The summed E-state index contributed by atoms with van der Waals surface area (Å²) >= 11 is 0. The van der Waals surface area contributed by atoms with Crippen molar-refractivity contribution in [1.82, 2.24) is 4.90 Å². The summed E-state index contributed by atoms with van der Waals surface area (Å²) in [7, 11) is 0. The molecule has 2 unspecified atom stereocenters. The van der Waals surface area contributed by atoms with Gasteiger partial charge >= 0.3 is 6.18 Å². The van der Waals surface area contributed by atoms with E-state index in [1.807, 2.05) is 0 Å². The van der Waals surface area contributed by atoms with E-state index in [2.05, 4.69) is 0 Å². The van der Waals surface area contributed by atoms with E-state index >= 15 is 0 Å². The van der Waals surface area contributed by atoms with Crippen molar-refractivity contribution < 1.29 is 13.2 Å².